The average Bonchev–Trinajstić information content (AvgIpc) is 3.44. The molecule has 4 aliphatic rings. The van der Waals surface area contributed by atoms with Crippen LogP contribution in [0.15, 0.2) is 55.0 Å². The molecule has 296 valence electrons. The summed E-state index contributed by atoms with van der Waals surface area (Å²) in [6.07, 6.45) is 14.1. The molecule has 0 saturated carbocycles. The summed E-state index contributed by atoms with van der Waals surface area (Å²) in [6.45, 7) is 5.40. The highest BCUT2D eigenvalue weighted by Crippen LogP contribution is 2.44. The number of nitrogens with one attached hydrogen (secondary N) is 3. The van der Waals surface area contributed by atoms with Crippen molar-refractivity contribution in [3.8, 4) is 11.5 Å². The Morgan fingerprint density at radius 1 is 0.875 bits per heavy atom. The zero-order valence-corrected chi connectivity index (χ0v) is 32.2. The molecule has 0 aliphatic carbocycles. The largest absolute Gasteiger partial charge is 0.451 e. The molecule has 14 heteroatoms. The summed E-state index contributed by atoms with van der Waals surface area (Å²) >= 11 is 0. The van der Waals surface area contributed by atoms with E-state index in [1.165, 1.54) is 12.8 Å². The molecule has 5 amide bonds. The van der Waals surface area contributed by atoms with Crippen molar-refractivity contribution in [3.63, 3.8) is 0 Å². The number of para-hydroxylation sites is 1. The first-order valence-corrected chi connectivity index (χ1v) is 20.1. The maximum absolute atomic E-state index is 13.3. The molecule has 3 aromatic rings. The van der Waals surface area contributed by atoms with Crippen molar-refractivity contribution < 1.29 is 28.7 Å². The fourth-order valence-corrected chi connectivity index (χ4v) is 8.30. The molecule has 4 aliphatic heterocycles. The van der Waals surface area contributed by atoms with E-state index in [2.05, 4.69) is 42.8 Å². The lowest BCUT2D eigenvalue weighted by Crippen LogP contribution is -2.60. The number of piperidine rings is 2. The number of carbonyl (C=O) groups excluding carboxylic acids is 5. The Balaban J connectivity index is 0.771. The number of benzene rings is 2. The lowest BCUT2D eigenvalue weighted by Gasteiger charge is -2.54. The number of hydrogen-bond acceptors (Lipinski definition) is 11. The summed E-state index contributed by atoms with van der Waals surface area (Å²) in [5.41, 5.74) is 1.98. The fraction of sp³-hybridized carbons (Fsp3) is 0.500. The number of amides is 5. The predicted molar refractivity (Wildman–Crippen MR) is 211 cm³/mol. The lowest BCUT2D eigenvalue weighted by molar-refractivity contribution is -0.136. The minimum absolute atomic E-state index is 0.0881. The number of nitrogens with zero attached hydrogens (tertiary/aromatic N) is 5. The van der Waals surface area contributed by atoms with Gasteiger partial charge < -0.3 is 25.2 Å². The zero-order chi connectivity index (χ0) is 39.1. The second kappa shape index (κ2) is 17.6. The molecular weight excluding hydrogens is 713 g/mol. The minimum atomic E-state index is -0.980. The third kappa shape index (κ3) is 8.70. The van der Waals surface area contributed by atoms with Crippen LogP contribution in [0.5, 0.6) is 11.5 Å². The van der Waals surface area contributed by atoms with E-state index in [-0.39, 0.29) is 29.9 Å². The summed E-state index contributed by atoms with van der Waals surface area (Å²) in [5.74, 6) is -0.370. The lowest BCUT2D eigenvalue weighted by atomic mass is 9.72. The number of anilines is 2. The van der Waals surface area contributed by atoms with E-state index in [1.54, 1.807) is 36.8 Å². The van der Waals surface area contributed by atoms with Crippen LogP contribution in [0.25, 0.3) is 0 Å². The van der Waals surface area contributed by atoms with E-state index in [9.17, 15) is 24.0 Å². The zero-order valence-electron chi connectivity index (χ0n) is 32.2. The van der Waals surface area contributed by atoms with Gasteiger partial charge in [-0.2, -0.15) is 0 Å². The van der Waals surface area contributed by atoms with E-state index >= 15 is 0 Å². The molecule has 14 nitrogen and oxygen atoms in total. The van der Waals surface area contributed by atoms with E-state index in [0.717, 1.165) is 88.3 Å². The molecule has 5 heterocycles. The highest BCUT2D eigenvalue weighted by Gasteiger charge is 2.47. The third-order valence-electron chi connectivity index (χ3n) is 11.6. The van der Waals surface area contributed by atoms with Crippen LogP contribution < -0.4 is 25.6 Å². The fourth-order valence-electron chi connectivity index (χ4n) is 8.30. The Kier molecular flexibility index (Phi) is 12.2. The standard InChI is InChI=1S/C42H52N8O6/c1-48-23-19-42(20-24-48)26-49(27-42)37-34(25-43-28-46-37)56-33-16-9-8-13-29(33)38(52)45-22-11-7-5-3-2-4-6-10-21-44-31-15-12-14-30-36(31)41(55)50(40(30)54)32-17-18-35(51)47-39(32)53/h8-9,12-16,25,28,32,44H,2-7,10-11,17-24,26-27H2,1H3,(H,45,52)(H,47,51,53). The molecule has 3 N–H and O–H groups in total. The van der Waals surface area contributed by atoms with Crippen molar-refractivity contribution in [2.24, 2.45) is 5.41 Å². The van der Waals surface area contributed by atoms with Gasteiger partial charge in [-0.05, 0) is 76.5 Å². The van der Waals surface area contributed by atoms with Gasteiger partial charge in [0.25, 0.3) is 17.7 Å². The molecule has 3 fully saturated rings. The van der Waals surface area contributed by atoms with E-state index in [0.29, 0.717) is 41.3 Å². The van der Waals surface area contributed by atoms with Gasteiger partial charge in [0, 0.05) is 43.7 Å². The molecule has 0 radical (unpaired) electrons. The quantitative estimate of drug-likeness (QED) is 0.123. The van der Waals surface area contributed by atoms with Gasteiger partial charge in [-0.15, -0.1) is 0 Å². The first-order chi connectivity index (χ1) is 27.2. The van der Waals surface area contributed by atoms with Crippen LogP contribution in [0.1, 0.15) is 108 Å². The number of rotatable bonds is 17. The number of unbranched alkanes of at least 4 members (excludes halogenated alkanes) is 7. The molecule has 7 rings (SSSR count). The van der Waals surface area contributed by atoms with Crippen LogP contribution in [-0.2, 0) is 9.59 Å². The number of likely N-dealkylation sites (tertiary alicyclic amines) is 1. The Hall–Kier alpha value is -5.37. The number of aromatic nitrogens is 2. The maximum Gasteiger partial charge on any atom is 0.264 e. The second-order valence-corrected chi connectivity index (χ2v) is 15.7. The van der Waals surface area contributed by atoms with Crippen molar-refractivity contribution in [2.45, 2.75) is 83.1 Å². The van der Waals surface area contributed by atoms with Crippen LogP contribution in [0, 0.1) is 5.41 Å². The van der Waals surface area contributed by atoms with Gasteiger partial charge in [0.2, 0.25) is 11.8 Å². The van der Waals surface area contributed by atoms with Gasteiger partial charge in [-0.3, -0.25) is 34.2 Å². The van der Waals surface area contributed by atoms with Gasteiger partial charge in [0.15, 0.2) is 11.6 Å². The summed E-state index contributed by atoms with van der Waals surface area (Å²) in [5, 5.41) is 8.61. The SMILES string of the molecule is CN1CCC2(CC1)CN(c1ncncc1Oc1ccccc1C(=O)NCCCCCCCCCCNc1cccc3c1C(=O)N(C1CCC(=O)NC1=O)C3=O)C2. The number of carbonyl (C=O) groups is 5. The monoisotopic (exact) mass is 764 g/mol. The second-order valence-electron chi connectivity index (χ2n) is 15.7. The topological polar surface area (TPSA) is 166 Å². The van der Waals surface area contributed by atoms with Crippen molar-refractivity contribution in [1.29, 1.82) is 0 Å². The van der Waals surface area contributed by atoms with Crippen LogP contribution >= 0.6 is 0 Å². The molecule has 3 saturated heterocycles. The summed E-state index contributed by atoms with van der Waals surface area (Å²) in [7, 11) is 2.18. The van der Waals surface area contributed by atoms with Gasteiger partial charge in [0.1, 0.15) is 18.1 Å². The number of imide groups is 2. The van der Waals surface area contributed by atoms with Crippen LogP contribution in [0.2, 0.25) is 0 Å². The molecule has 2 aromatic carbocycles. The van der Waals surface area contributed by atoms with Gasteiger partial charge in [0.05, 0.1) is 22.9 Å². The van der Waals surface area contributed by atoms with Crippen LogP contribution in [0.4, 0.5) is 11.5 Å². The van der Waals surface area contributed by atoms with E-state index in [1.807, 2.05) is 18.2 Å². The Labute approximate surface area is 327 Å². The number of ether oxygens (including phenoxy) is 1. The third-order valence-corrected chi connectivity index (χ3v) is 11.6. The number of hydrogen-bond donors (Lipinski definition) is 3. The Morgan fingerprint density at radius 3 is 2.34 bits per heavy atom. The van der Waals surface area contributed by atoms with Crippen molar-refractivity contribution in [3.05, 3.63) is 71.7 Å². The molecular formula is C42H52N8O6. The van der Waals surface area contributed by atoms with Crippen LogP contribution in [0.3, 0.4) is 0 Å². The first-order valence-electron chi connectivity index (χ1n) is 20.1. The van der Waals surface area contributed by atoms with Crippen molar-refractivity contribution >= 4 is 41.0 Å². The molecule has 1 atom stereocenters. The molecule has 56 heavy (non-hydrogen) atoms. The van der Waals surface area contributed by atoms with E-state index in [4.69, 9.17) is 4.74 Å². The molecule has 1 unspecified atom stereocenters. The van der Waals surface area contributed by atoms with E-state index < -0.39 is 29.7 Å². The highest BCUT2D eigenvalue weighted by atomic mass is 16.5. The van der Waals surface area contributed by atoms with Crippen LogP contribution in [-0.4, -0.2) is 102 Å². The first kappa shape index (κ1) is 38.9. The predicted octanol–water partition coefficient (Wildman–Crippen LogP) is 5.16. The van der Waals surface area contributed by atoms with Gasteiger partial charge >= 0.3 is 0 Å². The Morgan fingerprint density at radius 2 is 1.59 bits per heavy atom. The summed E-state index contributed by atoms with van der Waals surface area (Å²) in [6, 6.07) is 11.4. The van der Waals surface area contributed by atoms with Gasteiger partial charge in [-0.25, -0.2) is 9.97 Å². The Bertz CT molecular complexity index is 1940. The molecule has 1 spiro atoms. The maximum atomic E-state index is 13.3. The van der Waals surface area contributed by atoms with Crippen molar-refractivity contribution in [1.82, 2.24) is 30.4 Å². The van der Waals surface area contributed by atoms with Crippen molar-refractivity contribution in [2.75, 3.05) is 56.5 Å². The smallest absolute Gasteiger partial charge is 0.264 e. The summed E-state index contributed by atoms with van der Waals surface area (Å²) < 4.78 is 6.31. The molecule has 1 aromatic heterocycles. The highest BCUT2D eigenvalue weighted by molar-refractivity contribution is 6.25. The summed E-state index contributed by atoms with van der Waals surface area (Å²) in [4.78, 5) is 77.9. The number of fused-ring (bicyclic) bond motifs is 1. The van der Waals surface area contributed by atoms with Gasteiger partial charge in [-0.1, -0.05) is 56.7 Å². The average molecular weight is 765 g/mol. The normalized spacial score (nSPS) is 19.1. The minimum Gasteiger partial charge on any atom is -0.451 e. The molecule has 0 bridgehead atoms.